The number of carbonyl (C=O) groups is 2. The van der Waals surface area contributed by atoms with E-state index in [1.54, 1.807) is 78.5 Å². The van der Waals surface area contributed by atoms with Crippen molar-refractivity contribution in [2.45, 2.75) is 182 Å². The van der Waals surface area contributed by atoms with Crippen molar-refractivity contribution in [2.24, 2.45) is 51.3 Å². The molecule has 8 nitrogen and oxygen atoms in total. The Kier molecular flexibility index (Phi) is 18.9. The van der Waals surface area contributed by atoms with Crippen LogP contribution in [0.4, 0.5) is 5.69 Å². The number of fused-ring (bicyclic) bond motifs is 5. The minimum Gasteiger partial charge on any atom is -0.507 e. The number of benzene rings is 3. The molecule has 0 saturated heterocycles. The molecule has 0 unspecified atom stereocenters. The van der Waals surface area contributed by atoms with Crippen LogP contribution in [-0.2, 0) is 9.53 Å². The molecule has 0 heterocycles. The zero-order chi connectivity index (χ0) is 48.8. The van der Waals surface area contributed by atoms with Gasteiger partial charge in [0.25, 0.3) is 0 Å². The van der Waals surface area contributed by atoms with Crippen LogP contribution in [0.15, 0.2) is 83.4 Å². The second-order valence-corrected chi connectivity index (χ2v) is 22.3. The number of aliphatic imine (C=N–C) groups is 1. The molecular weight excluding hydrogens is 859 g/mol. The number of unbranched alkanes of at least 4 members (excludes halogenated alkanes) is 7. The van der Waals surface area contributed by atoms with Crippen molar-refractivity contribution in [1.29, 1.82) is 0 Å². The average Bonchev–Trinajstić information content (AvgIpc) is 3.70. The van der Waals surface area contributed by atoms with Gasteiger partial charge >= 0.3 is 11.9 Å². The molecule has 7 rings (SSSR count). The number of phenolic OH excluding ortho intramolecular Hbond substituents is 1. The lowest BCUT2D eigenvalue weighted by Crippen LogP contribution is -2.51. The Bertz CT molecular complexity index is 2160. The molecule has 0 bridgehead atoms. The number of hydrogen-bond donors (Lipinski definition) is 1. The summed E-state index contributed by atoms with van der Waals surface area (Å²) in [6.45, 7) is 15.7. The third-order valence-electron chi connectivity index (χ3n) is 17.1. The fraction of sp³-hybridized carbons (Fsp3) is 0.623. The average molecular weight is 944 g/mol. The van der Waals surface area contributed by atoms with E-state index < -0.39 is 5.97 Å². The second-order valence-electron chi connectivity index (χ2n) is 22.3. The molecule has 0 aliphatic heterocycles. The zero-order valence-electron chi connectivity index (χ0n) is 43.2. The maximum atomic E-state index is 13.1. The summed E-state index contributed by atoms with van der Waals surface area (Å²) in [5.74, 6) is 6.00. The van der Waals surface area contributed by atoms with Gasteiger partial charge in [-0.25, -0.2) is 4.79 Å². The molecule has 69 heavy (non-hydrogen) atoms. The van der Waals surface area contributed by atoms with E-state index in [0.29, 0.717) is 59.8 Å². The first-order chi connectivity index (χ1) is 33.4. The highest BCUT2D eigenvalue weighted by Crippen LogP contribution is 2.67. The van der Waals surface area contributed by atoms with Gasteiger partial charge in [-0.3, -0.25) is 9.79 Å². The highest BCUT2D eigenvalue weighted by atomic mass is 16.5. The Morgan fingerprint density at radius 1 is 0.754 bits per heavy atom. The van der Waals surface area contributed by atoms with E-state index in [0.717, 1.165) is 66.9 Å². The third-order valence-corrected chi connectivity index (χ3v) is 17.1. The highest BCUT2D eigenvalue weighted by molar-refractivity contribution is 5.91. The summed E-state index contributed by atoms with van der Waals surface area (Å²) in [5.41, 5.74) is 3.89. The van der Waals surface area contributed by atoms with E-state index in [9.17, 15) is 14.7 Å². The van der Waals surface area contributed by atoms with Gasteiger partial charge in [0.1, 0.15) is 29.1 Å². The number of esters is 2. The smallest absolute Gasteiger partial charge is 0.343 e. The van der Waals surface area contributed by atoms with Crippen molar-refractivity contribution in [2.75, 3.05) is 13.2 Å². The van der Waals surface area contributed by atoms with Gasteiger partial charge in [0.05, 0.1) is 24.5 Å². The van der Waals surface area contributed by atoms with Gasteiger partial charge in [-0.2, -0.15) is 0 Å². The molecule has 4 aliphatic carbocycles. The molecule has 8 atom stereocenters. The first-order valence-corrected chi connectivity index (χ1v) is 27.3. The van der Waals surface area contributed by atoms with Crippen molar-refractivity contribution in [3.8, 4) is 23.0 Å². The van der Waals surface area contributed by atoms with Crippen LogP contribution in [-0.4, -0.2) is 42.6 Å². The van der Waals surface area contributed by atoms with Crippen LogP contribution in [0.1, 0.15) is 192 Å². The van der Waals surface area contributed by atoms with Crippen molar-refractivity contribution < 1.29 is 33.6 Å². The molecule has 0 amide bonds. The molecule has 376 valence electrons. The van der Waals surface area contributed by atoms with E-state index in [1.807, 2.05) is 0 Å². The lowest BCUT2D eigenvalue weighted by Gasteiger charge is -2.58. The molecule has 3 aromatic rings. The topological polar surface area (TPSA) is 104 Å². The van der Waals surface area contributed by atoms with E-state index in [4.69, 9.17) is 18.9 Å². The minimum atomic E-state index is -0.449. The summed E-state index contributed by atoms with van der Waals surface area (Å²) in [7, 11) is 0. The van der Waals surface area contributed by atoms with Crippen LogP contribution in [0.5, 0.6) is 23.0 Å². The normalized spacial score (nSPS) is 25.6. The Hall–Kier alpha value is -4.59. The Labute approximate surface area is 415 Å². The zero-order valence-corrected chi connectivity index (χ0v) is 43.2. The molecule has 4 aliphatic rings. The van der Waals surface area contributed by atoms with Gasteiger partial charge in [-0.1, -0.05) is 117 Å². The van der Waals surface area contributed by atoms with Crippen molar-refractivity contribution in [1.82, 2.24) is 0 Å². The quantitative estimate of drug-likeness (QED) is 0.0297. The van der Waals surface area contributed by atoms with Crippen LogP contribution < -0.4 is 14.2 Å². The molecule has 0 aromatic heterocycles. The first kappa shape index (κ1) is 52.2. The number of nitrogens with zero attached hydrogens (tertiary/aromatic N) is 1. The monoisotopic (exact) mass is 944 g/mol. The standard InChI is InChI=1S/C61H85NO7/c1-7-8-9-10-11-12-13-14-38-66-49-26-20-45(21-27-49)59(65)69-50-29-24-48(25-30-50)62-42-46-22-28-51(41-57(46)63)67-39-16-19-58(64)68-52-34-36-60(5)47(40-52)23-31-53-55-33-32-54(44(4)18-15-17-43(2)3)61(55,6)37-35-56(53)60/h20-30,41-44,52-56,63H,7-19,31-40H2,1-6H3/t44-,52+,53+,54-,55+,56+,60+,61-/m1/s1. The number of phenols is 1. The molecular formula is C61H85NO7. The van der Waals surface area contributed by atoms with Gasteiger partial charge < -0.3 is 24.1 Å². The van der Waals surface area contributed by atoms with Crippen LogP contribution in [0.25, 0.3) is 0 Å². The molecule has 1 N–H and O–H groups in total. The van der Waals surface area contributed by atoms with Crippen LogP contribution in [0.3, 0.4) is 0 Å². The SMILES string of the molecule is CCCCCCCCCCOc1ccc(C(=O)Oc2ccc(N=Cc3ccc(OCCCC(=O)O[C@H]4CC[C@@]5(C)C(=CC[C@H]6[C@@H]7CC[C@H]([C@H](C)CCCC(C)C)[C@@]7(C)CC[C@@H]65)C4)cc3O)cc2)cc1. The summed E-state index contributed by atoms with van der Waals surface area (Å²) in [5, 5.41) is 10.7. The van der Waals surface area contributed by atoms with E-state index in [1.165, 1.54) is 96.3 Å². The number of carbonyl (C=O) groups excluding carboxylic acids is 2. The summed E-state index contributed by atoms with van der Waals surface area (Å²) < 4.78 is 23.5. The minimum absolute atomic E-state index is 0.0373. The van der Waals surface area contributed by atoms with Crippen LogP contribution in [0, 0.1) is 46.3 Å². The van der Waals surface area contributed by atoms with Crippen molar-refractivity contribution >= 4 is 23.8 Å². The maximum Gasteiger partial charge on any atom is 0.343 e. The summed E-state index contributed by atoms with van der Waals surface area (Å²) in [4.78, 5) is 30.3. The number of rotatable bonds is 25. The first-order valence-electron chi connectivity index (χ1n) is 27.3. The maximum absolute atomic E-state index is 13.1. The third kappa shape index (κ3) is 13.8. The summed E-state index contributed by atoms with van der Waals surface area (Å²) >= 11 is 0. The van der Waals surface area contributed by atoms with Crippen molar-refractivity contribution in [3.63, 3.8) is 0 Å². The van der Waals surface area contributed by atoms with Gasteiger partial charge in [0, 0.05) is 30.7 Å². The van der Waals surface area contributed by atoms with E-state index >= 15 is 0 Å². The van der Waals surface area contributed by atoms with Crippen LogP contribution in [0.2, 0.25) is 0 Å². The van der Waals surface area contributed by atoms with Crippen LogP contribution >= 0.6 is 0 Å². The van der Waals surface area contributed by atoms with Crippen molar-refractivity contribution in [3.05, 3.63) is 89.5 Å². The summed E-state index contributed by atoms with van der Waals surface area (Å²) in [6.07, 6.45) is 28.8. The number of hydrogen-bond acceptors (Lipinski definition) is 8. The Morgan fingerprint density at radius 2 is 1.45 bits per heavy atom. The fourth-order valence-electron chi connectivity index (χ4n) is 13.1. The Balaban J connectivity index is 0.786. The molecule has 3 saturated carbocycles. The van der Waals surface area contributed by atoms with Gasteiger partial charge in [0.15, 0.2) is 0 Å². The number of ether oxygens (including phenoxy) is 4. The predicted octanol–water partition coefficient (Wildman–Crippen LogP) is 16.0. The molecule has 0 radical (unpaired) electrons. The van der Waals surface area contributed by atoms with Gasteiger partial charge in [-0.05, 0) is 165 Å². The van der Waals surface area contributed by atoms with Gasteiger partial charge in [0.2, 0.25) is 0 Å². The molecule has 0 spiro atoms. The van der Waals surface area contributed by atoms with Gasteiger partial charge in [-0.15, -0.1) is 0 Å². The number of aromatic hydroxyl groups is 1. The fourth-order valence-corrected chi connectivity index (χ4v) is 13.1. The molecule has 3 aromatic carbocycles. The number of allylic oxidation sites excluding steroid dienone is 1. The second kappa shape index (κ2) is 25.0. The lowest BCUT2D eigenvalue weighted by atomic mass is 9.47. The summed E-state index contributed by atoms with van der Waals surface area (Å²) in [6, 6.07) is 19.0. The van der Waals surface area contributed by atoms with E-state index in [2.05, 4.69) is 52.6 Å². The molecule has 8 heteroatoms. The predicted molar refractivity (Wildman–Crippen MR) is 279 cm³/mol. The lowest BCUT2D eigenvalue weighted by molar-refractivity contribution is -0.151. The molecule has 3 fully saturated rings. The largest absolute Gasteiger partial charge is 0.507 e. The van der Waals surface area contributed by atoms with E-state index in [-0.39, 0.29) is 23.2 Å². The Morgan fingerprint density at radius 3 is 2.19 bits per heavy atom. The highest BCUT2D eigenvalue weighted by Gasteiger charge is 2.59.